The molecule has 0 aliphatic heterocycles. The number of carbonyl (C=O) groups is 1. The number of nitrogens with two attached hydrogens (primary N) is 1. The van der Waals surface area contributed by atoms with E-state index < -0.39 is 5.91 Å². The predicted octanol–water partition coefficient (Wildman–Crippen LogP) is -0.00729. The minimum Gasteiger partial charge on any atom is -0.364 e. The lowest BCUT2D eigenvalue weighted by Crippen LogP contribution is -2.15. The second-order valence-electron chi connectivity index (χ2n) is 3.76. The molecular weight excluding hydrogens is 232 g/mol. The van der Waals surface area contributed by atoms with Gasteiger partial charge in [-0.25, -0.2) is 9.97 Å². The van der Waals surface area contributed by atoms with Crippen LogP contribution in [0.2, 0.25) is 0 Å². The maximum absolute atomic E-state index is 10.8. The molecule has 7 heteroatoms. The fourth-order valence-corrected chi connectivity index (χ4v) is 1.32. The molecule has 7 nitrogen and oxygen atoms in total. The number of rotatable bonds is 5. The van der Waals surface area contributed by atoms with Crippen LogP contribution in [0.4, 0.5) is 5.95 Å². The summed E-state index contributed by atoms with van der Waals surface area (Å²) in [6.45, 7) is 3.09. The predicted molar refractivity (Wildman–Crippen MR) is 64.8 cm³/mol. The average Bonchev–Trinajstić information content (AvgIpc) is 2.81. The second kappa shape index (κ2) is 5.26. The summed E-state index contributed by atoms with van der Waals surface area (Å²) in [5, 5.41) is 7.01. The van der Waals surface area contributed by atoms with E-state index in [0.717, 1.165) is 5.56 Å². The van der Waals surface area contributed by atoms with Crippen LogP contribution in [0.1, 0.15) is 16.1 Å². The molecule has 0 bridgehead atoms. The zero-order chi connectivity index (χ0) is 13.0. The van der Waals surface area contributed by atoms with Crippen molar-refractivity contribution in [1.29, 1.82) is 0 Å². The normalized spacial score (nSPS) is 10.3. The van der Waals surface area contributed by atoms with Crippen LogP contribution < -0.4 is 11.1 Å². The standard InChI is InChI=1S/C11H13N6O/c1-8-6-14-11(15-7-8)13-3-5-17-4-2-9(16-17)10(12)18/h4,6-7H,3,5H2,1H3,(H2,12,18)(H,13,14,15). The van der Waals surface area contributed by atoms with E-state index in [1.165, 1.54) is 0 Å². The van der Waals surface area contributed by atoms with Crippen LogP contribution in [0.5, 0.6) is 0 Å². The number of primary amides is 1. The molecule has 0 atom stereocenters. The molecule has 2 rings (SSSR count). The van der Waals surface area contributed by atoms with Gasteiger partial charge in [0.2, 0.25) is 5.95 Å². The highest BCUT2D eigenvalue weighted by atomic mass is 16.1. The van der Waals surface area contributed by atoms with E-state index in [-0.39, 0.29) is 5.69 Å². The van der Waals surface area contributed by atoms with Gasteiger partial charge >= 0.3 is 0 Å². The first kappa shape index (κ1) is 12.0. The van der Waals surface area contributed by atoms with Gasteiger partial charge in [-0.05, 0) is 12.5 Å². The number of aromatic nitrogens is 4. The van der Waals surface area contributed by atoms with Crippen molar-refractivity contribution in [1.82, 2.24) is 19.7 Å². The molecule has 1 radical (unpaired) electrons. The van der Waals surface area contributed by atoms with Crippen LogP contribution in [-0.4, -0.2) is 32.2 Å². The van der Waals surface area contributed by atoms with Gasteiger partial charge in [-0.1, -0.05) is 0 Å². The van der Waals surface area contributed by atoms with Crippen LogP contribution in [0.25, 0.3) is 0 Å². The maximum atomic E-state index is 10.8. The van der Waals surface area contributed by atoms with E-state index in [1.54, 1.807) is 23.3 Å². The van der Waals surface area contributed by atoms with Crippen molar-refractivity contribution >= 4 is 11.9 Å². The zero-order valence-electron chi connectivity index (χ0n) is 9.92. The number of hydrogen-bond donors (Lipinski definition) is 2. The Morgan fingerprint density at radius 1 is 1.50 bits per heavy atom. The van der Waals surface area contributed by atoms with Crippen molar-refractivity contribution in [2.24, 2.45) is 5.73 Å². The minimum atomic E-state index is -0.580. The molecule has 2 heterocycles. The molecule has 0 saturated carbocycles. The van der Waals surface area contributed by atoms with Crippen LogP contribution in [0.15, 0.2) is 18.6 Å². The Balaban J connectivity index is 1.84. The maximum Gasteiger partial charge on any atom is 0.269 e. The third-order valence-corrected chi connectivity index (χ3v) is 2.22. The summed E-state index contributed by atoms with van der Waals surface area (Å²) < 4.78 is 1.58. The third-order valence-electron chi connectivity index (χ3n) is 2.22. The molecule has 3 N–H and O–H groups in total. The Hall–Kier alpha value is -2.44. The number of hydrogen-bond acceptors (Lipinski definition) is 5. The van der Waals surface area contributed by atoms with Gasteiger partial charge < -0.3 is 11.1 Å². The summed E-state index contributed by atoms with van der Waals surface area (Å²) in [6, 6.07) is 2.68. The lowest BCUT2D eigenvalue weighted by molar-refractivity contribution is 0.0994. The van der Waals surface area contributed by atoms with Crippen LogP contribution >= 0.6 is 0 Å². The summed E-state index contributed by atoms with van der Waals surface area (Å²) in [4.78, 5) is 19.0. The average molecular weight is 245 g/mol. The van der Waals surface area contributed by atoms with E-state index in [0.29, 0.717) is 19.0 Å². The molecule has 0 saturated heterocycles. The second-order valence-corrected chi connectivity index (χ2v) is 3.76. The van der Waals surface area contributed by atoms with Gasteiger partial charge in [0.05, 0.1) is 6.54 Å². The first-order valence-electron chi connectivity index (χ1n) is 5.42. The zero-order valence-corrected chi connectivity index (χ0v) is 9.92. The third kappa shape index (κ3) is 3.03. The van der Waals surface area contributed by atoms with E-state index in [9.17, 15) is 4.79 Å². The fraction of sp³-hybridized carbons (Fsp3) is 0.273. The SMILES string of the molecule is Cc1cnc(NCCn2c[c]c(C(N)=O)n2)nc1. The van der Waals surface area contributed by atoms with E-state index in [1.807, 2.05) is 6.92 Å². The van der Waals surface area contributed by atoms with Gasteiger partial charge in [-0.15, -0.1) is 0 Å². The summed E-state index contributed by atoms with van der Waals surface area (Å²) >= 11 is 0. The first-order valence-corrected chi connectivity index (χ1v) is 5.42. The van der Waals surface area contributed by atoms with Gasteiger partial charge in [0, 0.05) is 31.2 Å². The molecule has 0 aromatic carbocycles. The Kier molecular flexibility index (Phi) is 3.52. The van der Waals surface area contributed by atoms with Crippen molar-refractivity contribution < 1.29 is 4.79 Å². The summed E-state index contributed by atoms with van der Waals surface area (Å²) in [6.07, 6.45) is 5.06. The number of carbonyl (C=O) groups excluding carboxylic acids is 1. The Bertz CT molecular complexity index is 533. The number of nitrogens with one attached hydrogen (secondary N) is 1. The highest BCUT2D eigenvalue weighted by Crippen LogP contribution is 1.98. The minimum absolute atomic E-state index is 0.140. The molecule has 1 amide bonds. The fourth-order valence-electron chi connectivity index (χ4n) is 1.32. The molecule has 93 valence electrons. The monoisotopic (exact) mass is 245 g/mol. The lowest BCUT2D eigenvalue weighted by atomic mass is 10.4. The lowest BCUT2D eigenvalue weighted by Gasteiger charge is -2.04. The van der Waals surface area contributed by atoms with Gasteiger partial charge in [-0.3, -0.25) is 9.48 Å². The number of anilines is 1. The molecular formula is C11H13N6O. The van der Waals surface area contributed by atoms with E-state index >= 15 is 0 Å². The van der Waals surface area contributed by atoms with Crippen LogP contribution in [0.3, 0.4) is 0 Å². The van der Waals surface area contributed by atoms with Crippen LogP contribution in [0, 0.1) is 13.0 Å². The van der Waals surface area contributed by atoms with Crippen molar-refractivity contribution in [2.45, 2.75) is 13.5 Å². The topological polar surface area (TPSA) is 98.7 Å². The molecule has 0 fully saturated rings. The summed E-state index contributed by atoms with van der Waals surface area (Å²) in [5.41, 5.74) is 6.23. The van der Waals surface area contributed by atoms with Crippen LogP contribution in [-0.2, 0) is 6.54 Å². The van der Waals surface area contributed by atoms with Crippen molar-refractivity contribution in [3.8, 4) is 0 Å². The number of nitrogens with zero attached hydrogens (tertiary/aromatic N) is 4. The highest BCUT2D eigenvalue weighted by molar-refractivity contribution is 5.90. The molecule has 0 spiro atoms. The van der Waals surface area contributed by atoms with Crippen molar-refractivity contribution in [3.63, 3.8) is 0 Å². The van der Waals surface area contributed by atoms with Gasteiger partial charge in [0.15, 0.2) is 5.69 Å². The number of aryl methyl sites for hydroxylation is 1. The molecule has 18 heavy (non-hydrogen) atoms. The molecule has 2 aromatic heterocycles. The molecule has 2 aromatic rings. The van der Waals surface area contributed by atoms with E-state index in [2.05, 4.69) is 26.4 Å². The molecule has 0 aliphatic carbocycles. The Labute approximate surface area is 104 Å². The largest absolute Gasteiger partial charge is 0.364 e. The highest BCUT2D eigenvalue weighted by Gasteiger charge is 2.04. The van der Waals surface area contributed by atoms with Crippen molar-refractivity contribution in [2.75, 3.05) is 11.9 Å². The Morgan fingerprint density at radius 2 is 2.22 bits per heavy atom. The van der Waals surface area contributed by atoms with Gasteiger partial charge in [0.1, 0.15) is 0 Å². The smallest absolute Gasteiger partial charge is 0.269 e. The number of amides is 1. The first-order chi connectivity index (χ1) is 8.65. The van der Waals surface area contributed by atoms with Crippen molar-refractivity contribution in [3.05, 3.63) is 35.9 Å². The quantitative estimate of drug-likeness (QED) is 0.772. The van der Waals surface area contributed by atoms with Gasteiger partial charge in [0.25, 0.3) is 5.91 Å². The summed E-state index contributed by atoms with van der Waals surface area (Å²) in [7, 11) is 0. The Morgan fingerprint density at radius 3 is 2.83 bits per heavy atom. The molecule has 0 unspecified atom stereocenters. The molecule has 0 aliphatic rings. The van der Waals surface area contributed by atoms with E-state index in [4.69, 9.17) is 5.73 Å². The van der Waals surface area contributed by atoms with Gasteiger partial charge in [-0.2, -0.15) is 5.10 Å². The summed E-state index contributed by atoms with van der Waals surface area (Å²) in [5.74, 6) is -0.0181.